The van der Waals surface area contributed by atoms with E-state index < -0.39 is 0 Å². The van der Waals surface area contributed by atoms with Crippen molar-refractivity contribution in [2.45, 2.75) is 26.4 Å². The van der Waals surface area contributed by atoms with Crippen LogP contribution >= 0.6 is 0 Å². The molecule has 0 unspecified atom stereocenters. The van der Waals surface area contributed by atoms with Gasteiger partial charge in [0.2, 0.25) is 0 Å². The van der Waals surface area contributed by atoms with Crippen LogP contribution in [-0.4, -0.2) is 28.9 Å². The number of amides is 1. The van der Waals surface area contributed by atoms with Gasteiger partial charge in [-0.25, -0.2) is 0 Å². The summed E-state index contributed by atoms with van der Waals surface area (Å²) in [5.74, 6) is 0.787. The molecule has 1 N–H and O–H groups in total. The average Bonchev–Trinajstić information content (AvgIpc) is 3.02. The molecule has 0 saturated carbocycles. The van der Waals surface area contributed by atoms with Gasteiger partial charge in [-0.05, 0) is 43.7 Å². The second kappa shape index (κ2) is 6.79. The quantitative estimate of drug-likeness (QED) is 0.764. The minimum atomic E-state index is 0.00372. The SMILES string of the molecule is COc1ccc2[nH]c(C(=O)N(Cc3ccccc3)C(C)C)cc2c1. The molecular weight excluding hydrogens is 300 g/mol. The third-order valence-corrected chi connectivity index (χ3v) is 4.14. The van der Waals surface area contributed by atoms with Crippen molar-refractivity contribution in [3.63, 3.8) is 0 Å². The fraction of sp³-hybridized carbons (Fsp3) is 0.250. The van der Waals surface area contributed by atoms with Crippen LogP contribution < -0.4 is 4.74 Å². The highest BCUT2D eigenvalue weighted by Gasteiger charge is 2.21. The van der Waals surface area contributed by atoms with Gasteiger partial charge in [-0.15, -0.1) is 0 Å². The lowest BCUT2D eigenvalue weighted by atomic mass is 10.1. The highest BCUT2D eigenvalue weighted by Crippen LogP contribution is 2.23. The maximum Gasteiger partial charge on any atom is 0.270 e. The predicted molar refractivity (Wildman–Crippen MR) is 96.3 cm³/mol. The Labute approximate surface area is 142 Å². The zero-order valence-corrected chi connectivity index (χ0v) is 14.2. The van der Waals surface area contributed by atoms with Crippen molar-refractivity contribution in [2.75, 3.05) is 7.11 Å². The van der Waals surface area contributed by atoms with Crippen molar-refractivity contribution in [1.29, 1.82) is 0 Å². The Balaban J connectivity index is 1.89. The van der Waals surface area contributed by atoms with Gasteiger partial charge in [-0.1, -0.05) is 30.3 Å². The van der Waals surface area contributed by atoms with Gasteiger partial charge in [-0.3, -0.25) is 4.79 Å². The van der Waals surface area contributed by atoms with Crippen LogP contribution in [0.2, 0.25) is 0 Å². The molecule has 1 aromatic heterocycles. The van der Waals surface area contributed by atoms with Crippen LogP contribution in [0.5, 0.6) is 5.75 Å². The molecule has 2 aromatic carbocycles. The van der Waals surface area contributed by atoms with E-state index in [-0.39, 0.29) is 11.9 Å². The molecule has 0 aliphatic rings. The molecule has 0 aliphatic heterocycles. The highest BCUT2D eigenvalue weighted by molar-refractivity contribution is 5.98. The van der Waals surface area contributed by atoms with Gasteiger partial charge in [0, 0.05) is 23.5 Å². The van der Waals surface area contributed by atoms with Crippen molar-refractivity contribution in [2.24, 2.45) is 0 Å². The number of carbonyl (C=O) groups excluding carboxylic acids is 1. The molecule has 0 bridgehead atoms. The minimum absolute atomic E-state index is 0.00372. The van der Waals surface area contributed by atoms with E-state index in [1.54, 1.807) is 7.11 Å². The number of rotatable bonds is 5. The molecule has 0 fully saturated rings. The summed E-state index contributed by atoms with van der Waals surface area (Å²) in [6.45, 7) is 4.66. The Morgan fingerprint density at radius 2 is 1.88 bits per heavy atom. The number of nitrogens with zero attached hydrogens (tertiary/aromatic N) is 1. The van der Waals surface area contributed by atoms with Crippen molar-refractivity contribution >= 4 is 16.8 Å². The first-order valence-corrected chi connectivity index (χ1v) is 8.10. The Hall–Kier alpha value is -2.75. The standard InChI is InChI=1S/C20H22N2O2/c1-14(2)22(13-15-7-5-4-6-8-15)20(23)19-12-16-11-17(24-3)9-10-18(16)21-19/h4-12,14,21H,13H2,1-3H3. The summed E-state index contributed by atoms with van der Waals surface area (Å²) < 4.78 is 5.25. The largest absolute Gasteiger partial charge is 0.497 e. The Morgan fingerprint density at radius 3 is 2.54 bits per heavy atom. The lowest BCUT2D eigenvalue weighted by Crippen LogP contribution is -2.36. The van der Waals surface area contributed by atoms with Gasteiger partial charge in [-0.2, -0.15) is 0 Å². The van der Waals surface area contributed by atoms with Crippen molar-refractivity contribution < 1.29 is 9.53 Å². The summed E-state index contributed by atoms with van der Waals surface area (Å²) in [4.78, 5) is 18.1. The van der Waals surface area contributed by atoms with Gasteiger partial charge < -0.3 is 14.6 Å². The third-order valence-electron chi connectivity index (χ3n) is 4.14. The summed E-state index contributed by atoms with van der Waals surface area (Å²) in [7, 11) is 1.64. The van der Waals surface area contributed by atoms with E-state index >= 15 is 0 Å². The van der Waals surface area contributed by atoms with E-state index in [4.69, 9.17) is 4.74 Å². The molecule has 1 heterocycles. The number of hydrogen-bond donors (Lipinski definition) is 1. The zero-order valence-electron chi connectivity index (χ0n) is 14.2. The van der Waals surface area contributed by atoms with E-state index in [9.17, 15) is 4.79 Å². The number of aromatic amines is 1. The van der Waals surface area contributed by atoms with Gasteiger partial charge in [0.05, 0.1) is 7.11 Å². The molecule has 3 rings (SSSR count). The number of ether oxygens (including phenoxy) is 1. The summed E-state index contributed by atoms with van der Waals surface area (Å²) in [6, 6.07) is 17.8. The van der Waals surface area contributed by atoms with Crippen molar-refractivity contribution in [1.82, 2.24) is 9.88 Å². The normalized spacial score (nSPS) is 11.0. The van der Waals surface area contributed by atoms with Crippen LogP contribution in [0.4, 0.5) is 0 Å². The van der Waals surface area contributed by atoms with Crippen LogP contribution in [0.1, 0.15) is 29.9 Å². The van der Waals surface area contributed by atoms with Crippen molar-refractivity contribution in [3.8, 4) is 5.75 Å². The zero-order chi connectivity index (χ0) is 17.1. The molecule has 124 valence electrons. The lowest BCUT2D eigenvalue weighted by Gasteiger charge is -2.26. The number of methoxy groups -OCH3 is 1. The van der Waals surface area contributed by atoms with Crippen LogP contribution in [0.25, 0.3) is 10.9 Å². The van der Waals surface area contributed by atoms with Gasteiger partial charge in [0.1, 0.15) is 11.4 Å². The molecule has 3 aromatic rings. The Morgan fingerprint density at radius 1 is 1.12 bits per heavy atom. The first kappa shape index (κ1) is 16.1. The molecule has 0 saturated heterocycles. The number of hydrogen-bond acceptors (Lipinski definition) is 2. The number of aromatic nitrogens is 1. The Kier molecular flexibility index (Phi) is 4.56. The average molecular weight is 322 g/mol. The van der Waals surface area contributed by atoms with E-state index in [0.717, 1.165) is 22.2 Å². The summed E-state index contributed by atoms with van der Waals surface area (Å²) >= 11 is 0. The van der Waals surface area contributed by atoms with Gasteiger partial charge >= 0.3 is 0 Å². The van der Waals surface area contributed by atoms with Crippen LogP contribution in [-0.2, 0) is 6.54 Å². The summed E-state index contributed by atoms with van der Waals surface area (Å²) in [5, 5.41) is 0.973. The maximum absolute atomic E-state index is 13.0. The second-order valence-electron chi connectivity index (χ2n) is 6.15. The summed E-state index contributed by atoms with van der Waals surface area (Å²) in [5.41, 5.74) is 2.66. The van der Waals surface area contributed by atoms with E-state index in [1.165, 1.54) is 0 Å². The predicted octanol–water partition coefficient (Wildman–Crippen LogP) is 4.23. The maximum atomic E-state index is 13.0. The number of nitrogens with one attached hydrogen (secondary N) is 1. The number of benzene rings is 2. The number of H-pyrrole nitrogens is 1. The molecule has 1 amide bonds. The Bertz CT molecular complexity index is 837. The molecular formula is C20H22N2O2. The third kappa shape index (κ3) is 3.27. The molecule has 0 aliphatic carbocycles. The first-order valence-electron chi connectivity index (χ1n) is 8.10. The van der Waals surface area contributed by atoms with E-state index in [2.05, 4.69) is 4.98 Å². The number of fused-ring (bicyclic) bond motifs is 1. The topological polar surface area (TPSA) is 45.3 Å². The molecule has 4 nitrogen and oxygen atoms in total. The monoisotopic (exact) mass is 322 g/mol. The molecule has 0 radical (unpaired) electrons. The van der Waals surface area contributed by atoms with Gasteiger partial charge in [0.15, 0.2) is 0 Å². The summed E-state index contributed by atoms with van der Waals surface area (Å²) in [6.07, 6.45) is 0. The van der Waals surface area contributed by atoms with Crippen LogP contribution in [0.3, 0.4) is 0 Å². The van der Waals surface area contributed by atoms with E-state index in [0.29, 0.717) is 12.2 Å². The molecule has 4 heteroatoms. The highest BCUT2D eigenvalue weighted by atomic mass is 16.5. The van der Waals surface area contributed by atoms with Crippen molar-refractivity contribution in [3.05, 3.63) is 65.9 Å². The number of carbonyl (C=O) groups is 1. The van der Waals surface area contributed by atoms with Crippen LogP contribution in [0, 0.1) is 0 Å². The minimum Gasteiger partial charge on any atom is -0.497 e. The van der Waals surface area contributed by atoms with E-state index in [1.807, 2.05) is 73.3 Å². The lowest BCUT2D eigenvalue weighted by molar-refractivity contribution is 0.0685. The second-order valence-corrected chi connectivity index (χ2v) is 6.15. The molecule has 0 atom stereocenters. The molecule has 24 heavy (non-hydrogen) atoms. The van der Waals surface area contributed by atoms with Crippen LogP contribution in [0.15, 0.2) is 54.6 Å². The first-order chi connectivity index (χ1) is 11.6. The fourth-order valence-corrected chi connectivity index (χ4v) is 2.78. The smallest absolute Gasteiger partial charge is 0.270 e. The van der Waals surface area contributed by atoms with Gasteiger partial charge in [0.25, 0.3) is 5.91 Å². The molecule has 0 spiro atoms. The fourth-order valence-electron chi connectivity index (χ4n) is 2.78.